The van der Waals surface area contributed by atoms with Crippen molar-refractivity contribution in [1.82, 2.24) is 4.72 Å². The van der Waals surface area contributed by atoms with E-state index >= 15 is 0 Å². The number of fused-ring (bicyclic) bond motifs is 1. The van der Waals surface area contributed by atoms with Crippen molar-refractivity contribution >= 4 is 31.6 Å². The van der Waals surface area contributed by atoms with Gasteiger partial charge in [0.15, 0.2) is 0 Å². The number of anilines is 1. The van der Waals surface area contributed by atoms with Crippen molar-refractivity contribution < 1.29 is 8.42 Å². The summed E-state index contributed by atoms with van der Waals surface area (Å²) in [7, 11) is -3.38. The fraction of sp³-hybridized carbons (Fsp3) is 0.500. The van der Waals surface area contributed by atoms with Gasteiger partial charge in [-0.25, -0.2) is 13.1 Å². The minimum Gasteiger partial charge on any atom is -0.369 e. The van der Waals surface area contributed by atoms with E-state index in [0.29, 0.717) is 18.0 Å². The smallest absolute Gasteiger partial charge is 0.242 e. The molecule has 2 rings (SSSR count). The number of hydrogen-bond donors (Lipinski definition) is 1. The highest BCUT2D eigenvalue weighted by Crippen LogP contribution is 2.30. The van der Waals surface area contributed by atoms with E-state index in [1.807, 2.05) is 12.1 Å². The molecule has 1 heterocycles. The monoisotopic (exact) mass is 332 g/mol. The number of nitrogens with one attached hydrogen (secondary N) is 1. The minimum absolute atomic E-state index is 0.366. The van der Waals surface area contributed by atoms with Crippen LogP contribution in [0.3, 0.4) is 0 Å². The molecule has 4 nitrogen and oxygen atoms in total. The van der Waals surface area contributed by atoms with E-state index in [9.17, 15) is 8.42 Å². The highest BCUT2D eigenvalue weighted by Gasteiger charge is 2.25. The molecule has 0 amide bonds. The summed E-state index contributed by atoms with van der Waals surface area (Å²) < 4.78 is 27.6. The van der Waals surface area contributed by atoms with Crippen LogP contribution in [-0.4, -0.2) is 28.1 Å². The molecule has 0 radical (unpaired) electrons. The lowest BCUT2D eigenvalue weighted by molar-refractivity contribution is 0.584. The molecule has 0 unspecified atom stereocenters. The second-order valence-electron chi connectivity index (χ2n) is 4.35. The number of unbranched alkanes of at least 4 members (excludes halogenated alkanes) is 1. The van der Waals surface area contributed by atoms with E-state index in [2.05, 4.69) is 32.5 Å². The summed E-state index contributed by atoms with van der Waals surface area (Å²) >= 11 is 3.33. The number of benzene rings is 1. The van der Waals surface area contributed by atoms with Crippen LogP contribution < -0.4 is 9.62 Å². The Morgan fingerprint density at radius 1 is 1.44 bits per heavy atom. The third kappa shape index (κ3) is 2.87. The summed E-state index contributed by atoms with van der Waals surface area (Å²) in [6.07, 6.45) is 2.16. The van der Waals surface area contributed by atoms with Crippen LogP contribution in [0.4, 0.5) is 5.69 Å². The first-order valence-electron chi connectivity index (χ1n) is 6.09. The average molecular weight is 333 g/mol. The molecule has 1 aromatic rings. The maximum absolute atomic E-state index is 12.1. The average Bonchev–Trinajstić information content (AvgIpc) is 2.44. The third-order valence-corrected chi connectivity index (χ3v) is 4.99. The molecular weight excluding hydrogens is 316 g/mol. The maximum Gasteiger partial charge on any atom is 0.242 e. The molecule has 0 fully saturated rings. The zero-order valence-electron chi connectivity index (χ0n) is 10.3. The molecule has 0 spiro atoms. The van der Waals surface area contributed by atoms with Crippen LogP contribution in [0.25, 0.3) is 0 Å². The van der Waals surface area contributed by atoms with E-state index in [0.717, 1.165) is 29.5 Å². The first kappa shape index (κ1) is 13.8. The quantitative estimate of drug-likeness (QED) is 0.924. The third-order valence-electron chi connectivity index (χ3n) is 3.01. The Morgan fingerprint density at radius 2 is 2.22 bits per heavy atom. The SMILES string of the molecule is CCCCN1CCNS(=O)(=O)c2cc(Br)ccc21. The van der Waals surface area contributed by atoms with Crippen LogP contribution >= 0.6 is 15.9 Å². The summed E-state index contributed by atoms with van der Waals surface area (Å²) in [5.74, 6) is 0. The fourth-order valence-electron chi connectivity index (χ4n) is 2.06. The molecule has 0 bridgehead atoms. The molecule has 1 aromatic carbocycles. The molecule has 6 heteroatoms. The van der Waals surface area contributed by atoms with Crippen molar-refractivity contribution in [2.24, 2.45) is 0 Å². The van der Waals surface area contributed by atoms with Gasteiger partial charge < -0.3 is 4.90 Å². The summed E-state index contributed by atoms with van der Waals surface area (Å²) in [6, 6.07) is 5.43. The molecule has 18 heavy (non-hydrogen) atoms. The Bertz CT molecular complexity index is 531. The molecule has 0 saturated carbocycles. The predicted molar refractivity (Wildman–Crippen MR) is 76.5 cm³/mol. The van der Waals surface area contributed by atoms with Gasteiger partial charge in [0.1, 0.15) is 4.90 Å². The lowest BCUT2D eigenvalue weighted by atomic mass is 10.2. The van der Waals surface area contributed by atoms with Gasteiger partial charge in [0.25, 0.3) is 0 Å². The highest BCUT2D eigenvalue weighted by molar-refractivity contribution is 9.10. The van der Waals surface area contributed by atoms with Gasteiger partial charge in [-0.15, -0.1) is 0 Å². The molecule has 0 saturated heterocycles. The normalized spacial score (nSPS) is 18.2. The van der Waals surface area contributed by atoms with Crippen LogP contribution in [0.2, 0.25) is 0 Å². The number of halogens is 1. The molecule has 0 aliphatic carbocycles. The van der Waals surface area contributed by atoms with Crippen molar-refractivity contribution in [3.63, 3.8) is 0 Å². The lowest BCUT2D eigenvalue weighted by Crippen LogP contribution is -2.30. The van der Waals surface area contributed by atoms with E-state index in [4.69, 9.17) is 0 Å². The lowest BCUT2D eigenvalue weighted by Gasteiger charge is -2.23. The predicted octanol–water partition coefficient (Wildman–Crippen LogP) is 2.35. The largest absolute Gasteiger partial charge is 0.369 e. The summed E-state index contributed by atoms with van der Waals surface area (Å²) in [4.78, 5) is 2.51. The number of rotatable bonds is 3. The maximum atomic E-state index is 12.1. The second kappa shape index (κ2) is 5.59. The first-order valence-corrected chi connectivity index (χ1v) is 8.36. The Morgan fingerprint density at radius 3 is 2.94 bits per heavy atom. The van der Waals surface area contributed by atoms with Crippen molar-refractivity contribution in [3.8, 4) is 0 Å². The molecule has 0 atom stereocenters. The van der Waals surface area contributed by atoms with E-state index in [1.54, 1.807) is 6.07 Å². The van der Waals surface area contributed by atoms with Gasteiger partial charge in [-0.2, -0.15) is 0 Å². The number of sulfonamides is 1. The van der Waals surface area contributed by atoms with Crippen molar-refractivity contribution in [2.75, 3.05) is 24.5 Å². The van der Waals surface area contributed by atoms with Gasteiger partial charge in [0.2, 0.25) is 10.0 Å². The van der Waals surface area contributed by atoms with Gasteiger partial charge in [-0.1, -0.05) is 29.3 Å². The molecule has 1 N–H and O–H groups in total. The molecule has 0 aromatic heterocycles. The van der Waals surface area contributed by atoms with Crippen LogP contribution in [0, 0.1) is 0 Å². The Balaban J connectivity index is 2.45. The zero-order chi connectivity index (χ0) is 13.2. The van der Waals surface area contributed by atoms with Crippen molar-refractivity contribution in [3.05, 3.63) is 22.7 Å². The molecule has 1 aliphatic rings. The van der Waals surface area contributed by atoms with E-state index < -0.39 is 10.0 Å². The Hall–Kier alpha value is -0.590. The molecule has 1 aliphatic heterocycles. The molecule has 100 valence electrons. The highest BCUT2D eigenvalue weighted by atomic mass is 79.9. The number of hydrogen-bond acceptors (Lipinski definition) is 3. The van der Waals surface area contributed by atoms with Crippen LogP contribution in [-0.2, 0) is 10.0 Å². The van der Waals surface area contributed by atoms with Crippen LogP contribution in [0.5, 0.6) is 0 Å². The minimum atomic E-state index is -3.38. The Labute approximate surface area is 117 Å². The van der Waals surface area contributed by atoms with Crippen LogP contribution in [0.15, 0.2) is 27.6 Å². The standard InChI is InChI=1S/C12H17BrN2O2S/c1-2-3-7-15-8-6-14-18(16,17)12-9-10(13)4-5-11(12)15/h4-5,9,14H,2-3,6-8H2,1H3. The van der Waals surface area contributed by atoms with Gasteiger partial charge in [0.05, 0.1) is 5.69 Å². The summed E-state index contributed by atoms with van der Waals surface area (Å²) in [5, 5.41) is 0. The van der Waals surface area contributed by atoms with Gasteiger partial charge in [-0.05, 0) is 24.6 Å². The van der Waals surface area contributed by atoms with E-state index in [-0.39, 0.29) is 0 Å². The van der Waals surface area contributed by atoms with Gasteiger partial charge in [-0.3, -0.25) is 0 Å². The second-order valence-corrected chi connectivity index (χ2v) is 7.00. The van der Waals surface area contributed by atoms with Crippen molar-refractivity contribution in [1.29, 1.82) is 0 Å². The van der Waals surface area contributed by atoms with Crippen molar-refractivity contribution in [2.45, 2.75) is 24.7 Å². The summed E-state index contributed by atoms with van der Waals surface area (Å²) in [6.45, 7) is 4.20. The van der Waals surface area contributed by atoms with Crippen LogP contribution in [0.1, 0.15) is 19.8 Å². The Kier molecular flexibility index (Phi) is 4.29. The zero-order valence-corrected chi connectivity index (χ0v) is 12.7. The van der Waals surface area contributed by atoms with Gasteiger partial charge in [0, 0.05) is 24.1 Å². The topological polar surface area (TPSA) is 49.4 Å². The molecular formula is C12H17BrN2O2S. The summed E-state index contributed by atoms with van der Waals surface area (Å²) in [5.41, 5.74) is 0.802. The van der Waals surface area contributed by atoms with Gasteiger partial charge >= 0.3 is 0 Å². The first-order chi connectivity index (χ1) is 8.54. The number of nitrogens with zero attached hydrogens (tertiary/aromatic N) is 1. The van der Waals surface area contributed by atoms with E-state index in [1.165, 1.54) is 0 Å². The fourth-order valence-corrected chi connectivity index (χ4v) is 3.84.